The number of rotatable bonds is 2. The molecule has 2 aliphatic heterocycles. The second-order valence-electron chi connectivity index (χ2n) is 10.5. The van der Waals surface area contributed by atoms with Crippen molar-refractivity contribution in [3.05, 3.63) is 93.4 Å². The van der Waals surface area contributed by atoms with Crippen LogP contribution in [0.15, 0.2) is 65.5 Å². The quantitative estimate of drug-likeness (QED) is 0.546. The highest BCUT2D eigenvalue weighted by atomic mass is 16.5. The maximum Gasteiger partial charge on any atom is 0.261 e. The number of H-pyrrole nitrogens is 1. The Hall–Kier alpha value is -3.87. The van der Waals surface area contributed by atoms with Crippen LogP contribution >= 0.6 is 0 Å². The van der Waals surface area contributed by atoms with Gasteiger partial charge in [0.1, 0.15) is 17.1 Å². The maximum atomic E-state index is 13.6. The molecule has 4 bridgehead atoms. The highest BCUT2D eigenvalue weighted by molar-refractivity contribution is 5.94. The highest BCUT2D eigenvalue weighted by Crippen LogP contribution is 2.37. The number of piperidine rings is 1. The Bertz CT molecular complexity index is 1370. The average molecular weight is 500 g/mol. The van der Waals surface area contributed by atoms with Gasteiger partial charge >= 0.3 is 0 Å². The molecular formula is C30H33N3O4. The highest BCUT2D eigenvalue weighted by Gasteiger charge is 2.42. The van der Waals surface area contributed by atoms with Crippen LogP contribution in [-0.4, -0.2) is 41.3 Å². The van der Waals surface area contributed by atoms with Crippen LogP contribution in [0.3, 0.4) is 0 Å². The van der Waals surface area contributed by atoms with Gasteiger partial charge in [0.25, 0.3) is 11.5 Å². The van der Waals surface area contributed by atoms with Crippen molar-refractivity contribution < 1.29 is 14.3 Å². The van der Waals surface area contributed by atoms with Crippen LogP contribution in [0.4, 0.5) is 0 Å². The van der Waals surface area contributed by atoms with Crippen LogP contribution in [0.1, 0.15) is 59.8 Å². The van der Waals surface area contributed by atoms with Gasteiger partial charge in [-0.25, -0.2) is 0 Å². The maximum absolute atomic E-state index is 13.6. The lowest BCUT2D eigenvalue weighted by Gasteiger charge is -2.41. The van der Waals surface area contributed by atoms with Crippen LogP contribution in [0.2, 0.25) is 0 Å². The first-order chi connectivity index (χ1) is 17.8. The number of fused-ring (bicyclic) bond motifs is 4. The van der Waals surface area contributed by atoms with Gasteiger partial charge < -0.3 is 19.9 Å². The Balaban J connectivity index is 1.37. The van der Waals surface area contributed by atoms with E-state index in [0.717, 1.165) is 28.3 Å². The van der Waals surface area contributed by atoms with Gasteiger partial charge in [-0.2, -0.15) is 0 Å². The number of nitrogens with one attached hydrogen (secondary N) is 2. The van der Waals surface area contributed by atoms with E-state index in [1.807, 2.05) is 62.4 Å². The van der Waals surface area contributed by atoms with E-state index in [9.17, 15) is 14.4 Å². The molecule has 2 amide bonds. The lowest BCUT2D eigenvalue weighted by molar-refractivity contribution is -0.133. The fraction of sp³-hybridized carbons (Fsp3) is 0.367. The molecule has 2 aromatic carbocycles. The number of aromatic amines is 1. The summed E-state index contributed by atoms with van der Waals surface area (Å²) in [6.07, 6.45) is 2.30. The summed E-state index contributed by atoms with van der Waals surface area (Å²) >= 11 is 0. The zero-order valence-corrected chi connectivity index (χ0v) is 21.4. The van der Waals surface area contributed by atoms with Gasteiger partial charge in [0.15, 0.2) is 0 Å². The third-order valence-corrected chi connectivity index (χ3v) is 7.55. The van der Waals surface area contributed by atoms with E-state index < -0.39 is 5.41 Å². The molecule has 0 saturated carbocycles. The molecule has 5 rings (SSSR count). The second kappa shape index (κ2) is 10.2. The predicted molar refractivity (Wildman–Crippen MR) is 142 cm³/mol. The van der Waals surface area contributed by atoms with Crippen LogP contribution in [0, 0.1) is 5.41 Å². The SMILES string of the molecule is CC(C)c1ccc(C(=O)N2CCC3(CC2)Cc2cccc(c2)Oc2cccc(c2)CCNC3=O)c(=O)[nH]1. The molecule has 7 heteroatoms. The fourth-order valence-corrected chi connectivity index (χ4v) is 5.30. The standard InChI is InChI=1S/C30H33N3O4/c1-20(2)26-10-9-25(27(34)32-26)28(35)33-15-12-30(13-16-33)19-22-6-4-8-24(18-22)37-23-7-3-5-21(17-23)11-14-31-29(30)36/h3-10,17-18,20H,11-16,19H2,1-2H3,(H,31,36)(H,32,34). The van der Waals surface area contributed by atoms with Crippen molar-refractivity contribution in [1.29, 1.82) is 0 Å². The zero-order valence-electron chi connectivity index (χ0n) is 21.4. The summed E-state index contributed by atoms with van der Waals surface area (Å²) in [7, 11) is 0. The molecule has 2 aliphatic rings. The Morgan fingerprint density at radius 2 is 1.62 bits per heavy atom. The molecule has 1 saturated heterocycles. The number of carbonyl (C=O) groups is 2. The molecular weight excluding hydrogens is 466 g/mol. The molecule has 1 spiro atoms. The van der Waals surface area contributed by atoms with E-state index in [1.54, 1.807) is 17.0 Å². The molecule has 1 fully saturated rings. The number of benzene rings is 2. The normalized spacial score (nSPS) is 17.3. The minimum Gasteiger partial charge on any atom is -0.457 e. The monoisotopic (exact) mass is 499 g/mol. The number of aromatic nitrogens is 1. The smallest absolute Gasteiger partial charge is 0.261 e. The van der Waals surface area contributed by atoms with E-state index in [-0.39, 0.29) is 28.9 Å². The molecule has 0 atom stereocenters. The number of hydrogen-bond donors (Lipinski definition) is 2. The third-order valence-electron chi connectivity index (χ3n) is 7.55. The van der Waals surface area contributed by atoms with Crippen molar-refractivity contribution >= 4 is 11.8 Å². The molecule has 1 aromatic heterocycles. The summed E-state index contributed by atoms with van der Waals surface area (Å²) in [5, 5.41) is 3.16. The number of nitrogens with zero attached hydrogens (tertiary/aromatic N) is 1. The molecule has 7 nitrogen and oxygen atoms in total. The first-order valence-electron chi connectivity index (χ1n) is 13.0. The van der Waals surface area contributed by atoms with Gasteiger partial charge in [0, 0.05) is 25.3 Å². The minimum absolute atomic E-state index is 0.0143. The lowest BCUT2D eigenvalue weighted by atomic mass is 9.72. The molecule has 192 valence electrons. The largest absolute Gasteiger partial charge is 0.457 e. The van der Waals surface area contributed by atoms with Crippen LogP contribution in [0.25, 0.3) is 0 Å². The number of carbonyl (C=O) groups excluding carboxylic acids is 2. The Morgan fingerprint density at radius 1 is 0.946 bits per heavy atom. The average Bonchev–Trinajstić information content (AvgIpc) is 2.89. The lowest BCUT2D eigenvalue weighted by Crippen LogP contribution is -2.52. The fourth-order valence-electron chi connectivity index (χ4n) is 5.30. The van der Waals surface area contributed by atoms with Crippen LogP contribution < -0.4 is 15.6 Å². The Labute approximate surface area is 216 Å². The van der Waals surface area contributed by atoms with E-state index in [1.165, 1.54) is 0 Å². The van der Waals surface area contributed by atoms with Crippen molar-refractivity contribution in [2.24, 2.45) is 5.41 Å². The van der Waals surface area contributed by atoms with Gasteiger partial charge in [-0.3, -0.25) is 14.4 Å². The van der Waals surface area contributed by atoms with Crippen molar-refractivity contribution in [3.63, 3.8) is 0 Å². The topological polar surface area (TPSA) is 91.5 Å². The van der Waals surface area contributed by atoms with Crippen LogP contribution in [-0.2, 0) is 17.6 Å². The van der Waals surface area contributed by atoms with E-state index in [0.29, 0.717) is 45.3 Å². The van der Waals surface area contributed by atoms with Gasteiger partial charge in [-0.1, -0.05) is 38.1 Å². The molecule has 3 heterocycles. The van der Waals surface area contributed by atoms with Gasteiger partial charge in [-0.15, -0.1) is 0 Å². The van der Waals surface area contributed by atoms with E-state index >= 15 is 0 Å². The van der Waals surface area contributed by atoms with E-state index in [2.05, 4.69) is 10.3 Å². The number of pyridine rings is 1. The summed E-state index contributed by atoms with van der Waals surface area (Å²) < 4.78 is 6.12. The zero-order chi connectivity index (χ0) is 26.0. The van der Waals surface area contributed by atoms with E-state index in [4.69, 9.17) is 4.74 Å². The van der Waals surface area contributed by atoms with Crippen molar-refractivity contribution in [2.75, 3.05) is 19.6 Å². The predicted octanol–water partition coefficient (Wildman–Crippen LogP) is 4.43. The summed E-state index contributed by atoms with van der Waals surface area (Å²) in [6, 6.07) is 19.2. The molecule has 0 aliphatic carbocycles. The molecule has 37 heavy (non-hydrogen) atoms. The Morgan fingerprint density at radius 3 is 2.30 bits per heavy atom. The first-order valence-corrected chi connectivity index (χ1v) is 13.0. The third kappa shape index (κ3) is 5.31. The molecule has 3 aromatic rings. The molecule has 0 radical (unpaired) electrons. The summed E-state index contributed by atoms with van der Waals surface area (Å²) in [4.78, 5) is 44.0. The van der Waals surface area contributed by atoms with Gasteiger partial charge in [0.05, 0.1) is 5.41 Å². The summed E-state index contributed by atoms with van der Waals surface area (Å²) in [5.41, 5.74) is 2.05. The first kappa shape index (κ1) is 24.8. The van der Waals surface area contributed by atoms with Gasteiger partial charge in [0.2, 0.25) is 5.91 Å². The second-order valence-corrected chi connectivity index (χ2v) is 10.5. The minimum atomic E-state index is -0.643. The van der Waals surface area contributed by atoms with Crippen LogP contribution in [0.5, 0.6) is 11.5 Å². The van der Waals surface area contributed by atoms with Gasteiger partial charge in [-0.05, 0) is 79.1 Å². The van der Waals surface area contributed by atoms with Crippen molar-refractivity contribution in [2.45, 2.75) is 45.4 Å². The summed E-state index contributed by atoms with van der Waals surface area (Å²) in [6.45, 7) is 5.34. The Kier molecular flexibility index (Phi) is 6.87. The number of likely N-dealkylation sites (tertiary alicyclic amines) is 1. The molecule has 0 unspecified atom stereocenters. The van der Waals surface area contributed by atoms with Crippen molar-refractivity contribution in [1.82, 2.24) is 15.2 Å². The number of hydrogen-bond acceptors (Lipinski definition) is 4. The summed E-state index contributed by atoms with van der Waals surface area (Å²) in [5.74, 6) is 1.41. The number of amides is 2. The molecule has 2 N–H and O–H groups in total. The number of ether oxygens (including phenoxy) is 1. The van der Waals surface area contributed by atoms with Crippen molar-refractivity contribution in [3.8, 4) is 11.5 Å².